The minimum absolute atomic E-state index is 0.142. The Balaban J connectivity index is 4.30. The molecule has 0 bridgehead atoms. The van der Waals surface area contributed by atoms with Crippen LogP contribution in [0.15, 0.2) is 0 Å². The van der Waals surface area contributed by atoms with E-state index in [0.29, 0.717) is 0 Å². The van der Waals surface area contributed by atoms with Crippen molar-refractivity contribution < 1.29 is 15.3 Å². The standard InChI is InChI=1S/C8H20O3P/c1-12(2,3)7-8(4-9,5-10)6-11/h9-11H,4-7H2,1-3H3/q+1. The molecule has 0 aromatic carbocycles. The molecule has 0 aliphatic rings. The Hall–Kier alpha value is 0.310. The second-order valence-electron chi connectivity index (χ2n) is 4.42. The molecule has 0 radical (unpaired) electrons. The van der Waals surface area contributed by atoms with Gasteiger partial charge in [-0.05, 0) is 0 Å². The molecule has 0 amide bonds. The zero-order valence-corrected chi connectivity index (χ0v) is 9.01. The van der Waals surface area contributed by atoms with Crippen molar-refractivity contribution in [2.75, 3.05) is 46.0 Å². The molecule has 0 saturated heterocycles. The molecule has 12 heavy (non-hydrogen) atoms. The second kappa shape index (κ2) is 4.52. The monoisotopic (exact) mass is 195 g/mol. The van der Waals surface area contributed by atoms with Gasteiger partial charge in [-0.1, -0.05) is 0 Å². The molecule has 4 heteroatoms. The fraction of sp³-hybridized carbons (Fsp3) is 1.00. The van der Waals surface area contributed by atoms with Crippen molar-refractivity contribution in [3.05, 3.63) is 0 Å². The molecule has 74 valence electrons. The van der Waals surface area contributed by atoms with Gasteiger partial charge in [-0.3, -0.25) is 0 Å². The van der Waals surface area contributed by atoms with E-state index in [9.17, 15) is 0 Å². The van der Waals surface area contributed by atoms with Crippen molar-refractivity contribution in [1.29, 1.82) is 0 Å². The lowest BCUT2D eigenvalue weighted by Crippen LogP contribution is -2.38. The SMILES string of the molecule is C[P+](C)(C)CC(CO)(CO)CO. The molecule has 0 rings (SSSR count). The van der Waals surface area contributed by atoms with Crippen LogP contribution in [0.25, 0.3) is 0 Å². The van der Waals surface area contributed by atoms with Crippen LogP contribution in [-0.4, -0.2) is 61.3 Å². The van der Waals surface area contributed by atoms with Gasteiger partial charge in [0.25, 0.3) is 0 Å². The predicted octanol–water partition coefficient (Wildman–Crippen LogP) is -0.143. The van der Waals surface area contributed by atoms with Gasteiger partial charge < -0.3 is 15.3 Å². The van der Waals surface area contributed by atoms with Gasteiger partial charge in [0.1, 0.15) is 0 Å². The van der Waals surface area contributed by atoms with Crippen LogP contribution in [0.5, 0.6) is 0 Å². The fourth-order valence-corrected chi connectivity index (χ4v) is 3.62. The molecule has 0 atom stereocenters. The first-order chi connectivity index (χ1) is 5.39. The van der Waals surface area contributed by atoms with Crippen LogP contribution >= 0.6 is 7.26 Å². The van der Waals surface area contributed by atoms with E-state index in [-0.39, 0.29) is 19.8 Å². The quantitative estimate of drug-likeness (QED) is 0.535. The number of aliphatic hydroxyl groups is 3. The summed E-state index contributed by atoms with van der Waals surface area (Å²) in [6.07, 6.45) is 0.726. The number of aliphatic hydroxyl groups excluding tert-OH is 3. The minimum atomic E-state index is -1.07. The van der Waals surface area contributed by atoms with E-state index in [1.54, 1.807) is 0 Å². The van der Waals surface area contributed by atoms with Crippen LogP contribution in [-0.2, 0) is 0 Å². The average molecular weight is 195 g/mol. The highest BCUT2D eigenvalue weighted by Crippen LogP contribution is 2.51. The summed E-state index contributed by atoms with van der Waals surface area (Å²) in [7, 11) is -1.07. The lowest BCUT2D eigenvalue weighted by atomic mass is 9.94. The van der Waals surface area contributed by atoms with Crippen LogP contribution in [0.3, 0.4) is 0 Å². The average Bonchev–Trinajstić information content (AvgIpc) is 1.99. The van der Waals surface area contributed by atoms with Gasteiger partial charge in [-0.25, -0.2) is 0 Å². The molecule has 0 spiro atoms. The van der Waals surface area contributed by atoms with Crippen LogP contribution in [0.4, 0.5) is 0 Å². The molecule has 3 N–H and O–H groups in total. The van der Waals surface area contributed by atoms with E-state index >= 15 is 0 Å². The molecule has 0 heterocycles. The highest BCUT2D eigenvalue weighted by molar-refractivity contribution is 7.73. The lowest BCUT2D eigenvalue weighted by molar-refractivity contribution is 0.0227. The van der Waals surface area contributed by atoms with E-state index in [1.807, 2.05) is 0 Å². The highest BCUT2D eigenvalue weighted by atomic mass is 31.2. The molecule has 0 fully saturated rings. The Morgan fingerprint density at radius 2 is 1.25 bits per heavy atom. The molecule has 0 aliphatic carbocycles. The summed E-state index contributed by atoms with van der Waals surface area (Å²) >= 11 is 0. The summed E-state index contributed by atoms with van der Waals surface area (Å²) in [6.45, 7) is 5.96. The summed E-state index contributed by atoms with van der Waals surface area (Å²) in [4.78, 5) is 0. The van der Waals surface area contributed by atoms with Gasteiger partial charge in [-0.15, -0.1) is 0 Å². The summed E-state index contributed by atoms with van der Waals surface area (Å²) in [5.41, 5.74) is -0.675. The summed E-state index contributed by atoms with van der Waals surface area (Å²) < 4.78 is 0. The van der Waals surface area contributed by atoms with Crippen LogP contribution in [0.2, 0.25) is 0 Å². The van der Waals surface area contributed by atoms with E-state index in [4.69, 9.17) is 15.3 Å². The third-order valence-electron chi connectivity index (χ3n) is 1.82. The molecule has 0 unspecified atom stereocenters. The summed E-state index contributed by atoms with van der Waals surface area (Å²) in [5, 5.41) is 27.1. The Kier molecular flexibility index (Phi) is 4.64. The highest BCUT2D eigenvalue weighted by Gasteiger charge is 2.37. The van der Waals surface area contributed by atoms with Gasteiger partial charge in [0.05, 0.1) is 31.4 Å². The van der Waals surface area contributed by atoms with E-state index in [0.717, 1.165) is 6.16 Å². The minimum Gasteiger partial charge on any atom is -0.395 e. The van der Waals surface area contributed by atoms with Gasteiger partial charge in [0.15, 0.2) is 0 Å². The van der Waals surface area contributed by atoms with Crippen molar-refractivity contribution >= 4 is 7.26 Å². The topological polar surface area (TPSA) is 60.7 Å². The third-order valence-corrected chi connectivity index (χ3v) is 3.44. The molecular weight excluding hydrogens is 175 g/mol. The van der Waals surface area contributed by atoms with Crippen LogP contribution in [0.1, 0.15) is 0 Å². The Labute approximate surface area is 74.8 Å². The first-order valence-electron chi connectivity index (χ1n) is 4.02. The van der Waals surface area contributed by atoms with Crippen molar-refractivity contribution in [1.82, 2.24) is 0 Å². The van der Waals surface area contributed by atoms with Gasteiger partial charge in [-0.2, -0.15) is 0 Å². The van der Waals surface area contributed by atoms with Crippen LogP contribution < -0.4 is 0 Å². The zero-order valence-electron chi connectivity index (χ0n) is 8.12. The van der Waals surface area contributed by atoms with Crippen molar-refractivity contribution in [3.63, 3.8) is 0 Å². The van der Waals surface area contributed by atoms with Gasteiger partial charge in [0, 0.05) is 27.3 Å². The first kappa shape index (κ1) is 12.3. The molecule has 3 nitrogen and oxygen atoms in total. The van der Waals surface area contributed by atoms with Gasteiger partial charge >= 0.3 is 0 Å². The normalized spacial score (nSPS) is 13.5. The van der Waals surface area contributed by atoms with E-state index in [1.165, 1.54) is 0 Å². The Morgan fingerprint density at radius 3 is 1.33 bits per heavy atom. The number of rotatable bonds is 5. The van der Waals surface area contributed by atoms with E-state index < -0.39 is 12.7 Å². The maximum absolute atomic E-state index is 9.04. The number of hydrogen-bond acceptors (Lipinski definition) is 3. The fourth-order valence-electron chi connectivity index (χ4n) is 1.31. The smallest absolute Gasteiger partial charge is 0.0730 e. The largest absolute Gasteiger partial charge is 0.395 e. The van der Waals surface area contributed by atoms with Crippen molar-refractivity contribution in [2.24, 2.45) is 5.41 Å². The number of hydrogen-bond donors (Lipinski definition) is 3. The molecular formula is C8H20O3P+. The molecule has 0 aromatic rings. The molecule has 0 aliphatic heterocycles. The first-order valence-corrected chi connectivity index (χ1v) is 7.34. The summed E-state index contributed by atoms with van der Waals surface area (Å²) in [6, 6.07) is 0. The predicted molar refractivity (Wildman–Crippen MR) is 53.2 cm³/mol. The Bertz CT molecular complexity index is 118. The summed E-state index contributed by atoms with van der Waals surface area (Å²) in [5.74, 6) is 0. The van der Waals surface area contributed by atoms with Crippen LogP contribution in [0, 0.1) is 5.41 Å². The van der Waals surface area contributed by atoms with E-state index in [2.05, 4.69) is 20.0 Å². The third kappa shape index (κ3) is 3.81. The van der Waals surface area contributed by atoms with Crippen molar-refractivity contribution in [2.45, 2.75) is 0 Å². The maximum atomic E-state index is 9.04. The van der Waals surface area contributed by atoms with Gasteiger partial charge in [0.2, 0.25) is 0 Å². The Morgan fingerprint density at radius 1 is 0.917 bits per heavy atom. The zero-order chi connectivity index (χ0) is 9.83. The van der Waals surface area contributed by atoms with Crippen molar-refractivity contribution in [3.8, 4) is 0 Å². The maximum Gasteiger partial charge on any atom is 0.0730 e. The molecule has 0 saturated carbocycles. The second-order valence-corrected chi connectivity index (χ2v) is 9.32. The lowest BCUT2D eigenvalue weighted by Gasteiger charge is -2.29. The molecule has 0 aromatic heterocycles.